The number of nitrogens with zero attached hydrogens (tertiary/aromatic N) is 3. The van der Waals surface area contributed by atoms with E-state index < -0.39 is 11.7 Å². The monoisotopic (exact) mass is 423 g/mol. The number of anilines is 3. The highest BCUT2D eigenvalue weighted by Gasteiger charge is 2.33. The van der Waals surface area contributed by atoms with Crippen LogP contribution in [0.25, 0.3) is 11.4 Å². The number of hydrogen-bond donors (Lipinski definition) is 2. The molecule has 134 valence electrons. The van der Waals surface area contributed by atoms with E-state index in [0.717, 1.165) is 6.07 Å². The predicted octanol–water partition coefficient (Wildman–Crippen LogP) is 5.11. The molecular formula is C17H13BrF3N5. The summed E-state index contributed by atoms with van der Waals surface area (Å²) in [6.45, 7) is 0. The molecule has 9 heteroatoms. The van der Waals surface area contributed by atoms with Crippen LogP contribution >= 0.6 is 15.9 Å². The molecule has 3 aromatic rings. The molecule has 0 amide bonds. The molecular weight excluding hydrogens is 411 g/mol. The minimum Gasteiger partial charge on any atom is -0.357 e. The Labute approximate surface area is 155 Å². The van der Waals surface area contributed by atoms with Gasteiger partial charge in [0.25, 0.3) is 0 Å². The molecule has 2 aromatic heterocycles. The number of hydrogen-bond acceptors (Lipinski definition) is 5. The minimum absolute atomic E-state index is 0.0247. The van der Waals surface area contributed by atoms with Gasteiger partial charge in [0.2, 0.25) is 5.95 Å². The van der Waals surface area contributed by atoms with Gasteiger partial charge < -0.3 is 10.6 Å². The highest BCUT2D eigenvalue weighted by Crippen LogP contribution is 2.37. The van der Waals surface area contributed by atoms with Crippen molar-refractivity contribution >= 4 is 33.4 Å². The number of aromatic nitrogens is 3. The van der Waals surface area contributed by atoms with Crippen molar-refractivity contribution in [1.29, 1.82) is 0 Å². The molecule has 26 heavy (non-hydrogen) atoms. The van der Waals surface area contributed by atoms with Gasteiger partial charge in [0.15, 0.2) is 0 Å². The summed E-state index contributed by atoms with van der Waals surface area (Å²) in [7, 11) is 1.66. The molecule has 0 aliphatic heterocycles. The van der Waals surface area contributed by atoms with Crippen LogP contribution in [-0.4, -0.2) is 22.0 Å². The molecule has 0 saturated heterocycles. The fourth-order valence-electron chi connectivity index (χ4n) is 2.24. The number of benzene rings is 1. The second-order valence-electron chi connectivity index (χ2n) is 5.24. The first kappa shape index (κ1) is 18.1. The third-order valence-corrected chi connectivity index (χ3v) is 4.11. The minimum atomic E-state index is -4.46. The summed E-state index contributed by atoms with van der Waals surface area (Å²) in [5, 5.41) is 5.72. The van der Waals surface area contributed by atoms with E-state index in [2.05, 4.69) is 41.5 Å². The third kappa shape index (κ3) is 4.10. The second-order valence-corrected chi connectivity index (χ2v) is 6.10. The van der Waals surface area contributed by atoms with Gasteiger partial charge in [0.1, 0.15) is 5.82 Å². The summed E-state index contributed by atoms with van der Waals surface area (Å²) in [5.41, 5.74) is 0.658. The lowest BCUT2D eigenvalue weighted by molar-refractivity contribution is -0.138. The lowest BCUT2D eigenvalue weighted by atomic mass is 10.2. The summed E-state index contributed by atoms with van der Waals surface area (Å²) in [6, 6.07) is 10.9. The van der Waals surface area contributed by atoms with Crippen LogP contribution < -0.4 is 10.6 Å². The van der Waals surface area contributed by atoms with Gasteiger partial charge in [-0.3, -0.25) is 4.98 Å². The van der Waals surface area contributed by atoms with Crippen molar-refractivity contribution < 1.29 is 13.2 Å². The Hall–Kier alpha value is -2.68. The van der Waals surface area contributed by atoms with Gasteiger partial charge in [-0.1, -0.05) is 22.0 Å². The Bertz CT molecular complexity index is 916. The molecule has 3 rings (SSSR count). The van der Waals surface area contributed by atoms with Crippen molar-refractivity contribution in [2.24, 2.45) is 0 Å². The van der Waals surface area contributed by atoms with Crippen molar-refractivity contribution in [3.05, 3.63) is 58.7 Å². The van der Waals surface area contributed by atoms with E-state index in [1.165, 1.54) is 12.1 Å². The molecule has 0 saturated carbocycles. The molecule has 1 aromatic carbocycles. The van der Waals surface area contributed by atoms with Crippen LogP contribution in [0, 0.1) is 0 Å². The normalized spacial score (nSPS) is 11.3. The summed E-state index contributed by atoms with van der Waals surface area (Å²) in [5.74, 6) is 0.671. The van der Waals surface area contributed by atoms with Crippen molar-refractivity contribution in [2.75, 3.05) is 17.7 Å². The Morgan fingerprint density at radius 3 is 2.46 bits per heavy atom. The van der Waals surface area contributed by atoms with Gasteiger partial charge in [-0.2, -0.15) is 18.2 Å². The van der Waals surface area contributed by atoms with Crippen LogP contribution in [0.15, 0.2) is 53.1 Å². The summed E-state index contributed by atoms with van der Waals surface area (Å²) >= 11 is 2.93. The number of pyridine rings is 1. The average Bonchev–Trinajstić information content (AvgIpc) is 2.63. The first-order valence-electron chi connectivity index (χ1n) is 7.49. The number of alkyl halides is 3. The van der Waals surface area contributed by atoms with Crippen molar-refractivity contribution in [1.82, 2.24) is 15.0 Å². The van der Waals surface area contributed by atoms with Gasteiger partial charge >= 0.3 is 6.18 Å². The van der Waals surface area contributed by atoms with Gasteiger partial charge in [0.05, 0.1) is 17.0 Å². The molecule has 2 N–H and O–H groups in total. The Morgan fingerprint density at radius 1 is 1.00 bits per heavy atom. The van der Waals surface area contributed by atoms with Crippen LogP contribution in [0.5, 0.6) is 0 Å². The van der Waals surface area contributed by atoms with E-state index in [9.17, 15) is 13.2 Å². The summed E-state index contributed by atoms with van der Waals surface area (Å²) in [6.07, 6.45) is -2.83. The van der Waals surface area contributed by atoms with Crippen molar-refractivity contribution in [3.8, 4) is 11.4 Å². The molecule has 0 radical (unpaired) electrons. The highest BCUT2D eigenvalue weighted by atomic mass is 79.9. The van der Waals surface area contributed by atoms with E-state index in [4.69, 9.17) is 0 Å². The zero-order chi connectivity index (χ0) is 18.7. The Kier molecular flexibility index (Phi) is 5.08. The molecule has 0 fully saturated rings. The molecule has 5 nitrogen and oxygen atoms in total. The molecule has 0 spiro atoms. The quantitative estimate of drug-likeness (QED) is 0.610. The number of nitrogens with one attached hydrogen (secondary N) is 2. The molecule has 0 aliphatic carbocycles. The van der Waals surface area contributed by atoms with E-state index >= 15 is 0 Å². The zero-order valence-corrected chi connectivity index (χ0v) is 15.1. The van der Waals surface area contributed by atoms with E-state index in [1.54, 1.807) is 31.4 Å². The maximum Gasteiger partial charge on any atom is 0.417 e. The van der Waals surface area contributed by atoms with Crippen molar-refractivity contribution in [2.45, 2.75) is 6.18 Å². The summed E-state index contributed by atoms with van der Waals surface area (Å²) < 4.78 is 39.2. The van der Waals surface area contributed by atoms with Crippen LogP contribution in [0.3, 0.4) is 0 Å². The van der Waals surface area contributed by atoms with Crippen molar-refractivity contribution in [3.63, 3.8) is 0 Å². The largest absolute Gasteiger partial charge is 0.417 e. The topological polar surface area (TPSA) is 62.7 Å². The van der Waals surface area contributed by atoms with E-state index in [-0.39, 0.29) is 10.2 Å². The fourth-order valence-corrected chi connectivity index (χ4v) is 2.71. The average molecular weight is 424 g/mol. The van der Waals surface area contributed by atoms with Crippen LogP contribution in [0.4, 0.5) is 30.6 Å². The van der Waals surface area contributed by atoms with Crippen LogP contribution in [-0.2, 0) is 6.18 Å². The van der Waals surface area contributed by atoms with Gasteiger partial charge in [-0.25, -0.2) is 4.98 Å². The molecule has 2 heterocycles. The van der Waals surface area contributed by atoms with Gasteiger partial charge in [-0.05, 0) is 30.3 Å². The standard InChI is InChI=1S/C17H13BrF3N5/c1-22-16-25-14(13-4-2-3-7-23-13)9-15(26-16)24-10-5-6-12(18)11(8-10)17(19,20)21/h2-9H,1H3,(H2,22,24,25,26). The lowest BCUT2D eigenvalue weighted by Gasteiger charge is -2.13. The Balaban J connectivity index is 1.98. The van der Waals surface area contributed by atoms with Crippen LogP contribution in [0.2, 0.25) is 0 Å². The first-order chi connectivity index (χ1) is 12.4. The first-order valence-corrected chi connectivity index (χ1v) is 8.28. The molecule has 0 unspecified atom stereocenters. The molecule has 0 bridgehead atoms. The second kappa shape index (κ2) is 7.28. The van der Waals surface area contributed by atoms with E-state index in [0.29, 0.717) is 23.2 Å². The number of halogens is 4. The van der Waals surface area contributed by atoms with Crippen LogP contribution in [0.1, 0.15) is 5.56 Å². The third-order valence-electron chi connectivity index (χ3n) is 3.42. The maximum absolute atomic E-state index is 13.1. The zero-order valence-electron chi connectivity index (χ0n) is 13.5. The molecule has 0 atom stereocenters. The maximum atomic E-state index is 13.1. The predicted molar refractivity (Wildman–Crippen MR) is 97.2 cm³/mol. The Morgan fingerprint density at radius 2 is 1.81 bits per heavy atom. The smallest absolute Gasteiger partial charge is 0.357 e. The lowest BCUT2D eigenvalue weighted by Crippen LogP contribution is -2.07. The van der Waals surface area contributed by atoms with E-state index in [1.807, 2.05) is 6.07 Å². The SMILES string of the molecule is CNc1nc(Nc2ccc(Br)c(C(F)(F)F)c2)cc(-c2ccccn2)n1. The van der Waals surface area contributed by atoms with Gasteiger partial charge in [0, 0.05) is 29.5 Å². The van der Waals surface area contributed by atoms with Gasteiger partial charge in [-0.15, -0.1) is 0 Å². The fraction of sp³-hybridized carbons (Fsp3) is 0.118. The summed E-state index contributed by atoms with van der Waals surface area (Å²) in [4.78, 5) is 12.8. The molecule has 0 aliphatic rings. The highest BCUT2D eigenvalue weighted by molar-refractivity contribution is 9.10. The number of rotatable bonds is 4.